The molecule has 14 heavy (non-hydrogen) atoms. The molecule has 0 bridgehead atoms. The fraction of sp³-hybridized carbons (Fsp3) is 0.222. The lowest BCUT2D eigenvalue weighted by Crippen LogP contribution is -2.03. The number of aliphatic imine (C=N–C) groups is 1. The third-order valence-electron chi connectivity index (χ3n) is 1.59. The van der Waals surface area contributed by atoms with Gasteiger partial charge >= 0.3 is 6.30 Å². The average molecular weight is 202 g/mol. The summed E-state index contributed by atoms with van der Waals surface area (Å²) in [6.07, 6.45) is -3.82. The average Bonchev–Trinajstić information content (AvgIpc) is 2.05. The minimum Gasteiger partial charge on any atom is -0.398 e. The first-order chi connectivity index (χ1) is 6.38. The zero-order chi connectivity index (χ0) is 10.8. The third kappa shape index (κ3) is 3.08. The molecule has 0 heterocycles. The SMILES string of the molecule is Cc1ccc(N)c(/C=N/C(F)(F)F)c1. The summed E-state index contributed by atoms with van der Waals surface area (Å²) in [6.45, 7) is 1.77. The second-order valence-electron chi connectivity index (χ2n) is 2.86. The van der Waals surface area contributed by atoms with Crippen LogP contribution in [-0.4, -0.2) is 12.5 Å². The van der Waals surface area contributed by atoms with Crippen LogP contribution < -0.4 is 5.73 Å². The number of alkyl halides is 3. The number of hydrogen-bond donors (Lipinski definition) is 1. The minimum absolute atomic E-state index is 0.280. The summed E-state index contributed by atoms with van der Waals surface area (Å²) in [7, 11) is 0. The van der Waals surface area contributed by atoms with Crippen molar-refractivity contribution >= 4 is 11.9 Å². The predicted octanol–water partition coefficient (Wildman–Crippen LogP) is 2.52. The van der Waals surface area contributed by atoms with Crippen LogP contribution in [0.5, 0.6) is 0 Å². The highest BCUT2D eigenvalue weighted by Gasteiger charge is 2.24. The molecule has 2 nitrogen and oxygen atoms in total. The van der Waals surface area contributed by atoms with Gasteiger partial charge in [0.25, 0.3) is 0 Å². The Bertz CT molecular complexity index is 356. The van der Waals surface area contributed by atoms with Crippen molar-refractivity contribution in [1.29, 1.82) is 0 Å². The molecule has 0 saturated carbocycles. The number of benzene rings is 1. The molecular weight excluding hydrogens is 193 g/mol. The normalized spacial score (nSPS) is 12.3. The Morgan fingerprint density at radius 2 is 2.00 bits per heavy atom. The first-order valence-corrected chi connectivity index (χ1v) is 3.86. The van der Waals surface area contributed by atoms with Gasteiger partial charge in [-0.1, -0.05) is 11.6 Å². The maximum absolute atomic E-state index is 11.7. The molecule has 2 N–H and O–H groups in total. The van der Waals surface area contributed by atoms with Gasteiger partial charge in [-0.2, -0.15) is 4.99 Å². The van der Waals surface area contributed by atoms with Crippen LogP contribution in [0.4, 0.5) is 18.9 Å². The van der Waals surface area contributed by atoms with Crippen molar-refractivity contribution in [2.24, 2.45) is 4.99 Å². The number of nitrogens with zero attached hydrogens (tertiary/aromatic N) is 1. The van der Waals surface area contributed by atoms with Crippen molar-refractivity contribution in [3.8, 4) is 0 Å². The summed E-state index contributed by atoms with van der Waals surface area (Å²) in [5, 5.41) is 0. The number of anilines is 1. The smallest absolute Gasteiger partial charge is 0.398 e. The number of nitrogens with two attached hydrogens (primary N) is 1. The van der Waals surface area contributed by atoms with E-state index in [1.54, 1.807) is 25.1 Å². The molecule has 0 spiro atoms. The quantitative estimate of drug-likeness (QED) is 0.424. The van der Waals surface area contributed by atoms with Gasteiger partial charge < -0.3 is 5.73 Å². The molecule has 0 aliphatic heterocycles. The Morgan fingerprint density at radius 1 is 1.36 bits per heavy atom. The van der Waals surface area contributed by atoms with Gasteiger partial charge in [-0.15, -0.1) is 13.2 Å². The third-order valence-corrected chi connectivity index (χ3v) is 1.59. The first kappa shape index (κ1) is 10.6. The van der Waals surface area contributed by atoms with Crippen molar-refractivity contribution in [3.63, 3.8) is 0 Å². The number of hydrogen-bond acceptors (Lipinski definition) is 2. The van der Waals surface area contributed by atoms with Crippen molar-refractivity contribution in [3.05, 3.63) is 29.3 Å². The van der Waals surface area contributed by atoms with Crippen molar-refractivity contribution in [2.45, 2.75) is 13.2 Å². The van der Waals surface area contributed by atoms with E-state index in [0.717, 1.165) is 11.8 Å². The maximum atomic E-state index is 11.7. The van der Waals surface area contributed by atoms with Crippen LogP contribution in [0.1, 0.15) is 11.1 Å². The van der Waals surface area contributed by atoms with E-state index in [0.29, 0.717) is 0 Å². The van der Waals surface area contributed by atoms with Crippen molar-refractivity contribution in [1.82, 2.24) is 0 Å². The van der Waals surface area contributed by atoms with Gasteiger partial charge in [-0.25, -0.2) is 0 Å². The summed E-state index contributed by atoms with van der Waals surface area (Å²) in [5.74, 6) is 0. The lowest BCUT2D eigenvalue weighted by atomic mass is 10.1. The highest BCUT2D eigenvalue weighted by molar-refractivity contribution is 5.87. The van der Waals surface area contributed by atoms with Crippen LogP contribution in [0, 0.1) is 6.92 Å². The van der Waals surface area contributed by atoms with Crippen LogP contribution in [0.15, 0.2) is 23.2 Å². The van der Waals surface area contributed by atoms with Crippen molar-refractivity contribution in [2.75, 3.05) is 5.73 Å². The molecule has 1 aromatic rings. The molecule has 0 aliphatic carbocycles. The molecule has 5 heteroatoms. The summed E-state index contributed by atoms with van der Waals surface area (Å²) >= 11 is 0. The predicted molar refractivity (Wildman–Crippen MR) is 49.2 cm³/mol. The Hall–Kier alpha value is -1.52. The van der Waals surface area contributed by atoms with Gasteiger partial charge in [0.2, 0.25) is 0 Å². The van der Waals surface area contributed by atoms with Crippen LogP contribution in [-0.2, 0) is 0 Å². The second-order valence-corrected chi connectivity index (χ2v) is 2.86. The zero-order valence-corrected chi connectivity index (χ0v) is 7.47. The fourth-order valence-corrected chi connectivity index (χ4v) is 0.949. The Morgan fingerprint density at radius 3 is 2.57 bits per heavy atom. The molecule has 0 atom stereocenters. The van der Waals surface area contributed by atoms with E-state index < -0.39 is 6.30 Å². The van der Waals surface area contributed by atoms with Gasteiger partial charge in [-0.05, 0) is 19.1 Å². The number of nitrogen functional groups attached to an aromatic ring is 1. The van der Waals surface area contributed by atoms with Crippen LogP contribution in [0.25, 0.3) is 0 Å². The minimum atomic E-state index is -4.55. The van der Waals surface area contributed by atoms with Gasteiger partial charge in [0.05, 0.1) is 0 Å². The highest BCUT2D eigenvalue weighted by Crippen LogP contribution is 2.17. The summed E-state index contributed by atoms with van der Waals surface area (Å²) in [5.41, 5.74) is 6.86. The Labute approximate surface area is 79.3 Å². The molecule has 1 aromatic carbocycles. The molecular formula is C9H9F3N2. The standard InChI is InChI=1S/C9H9F3N2/c1-6-2-3-8(13)7(4-6)5-14-9(10,11)12/h2-5H,13H2,1H3/b14-5+. The van der Waals surface area contributed by atoms with E-state index in [1.807, 2.05) is 0 Å². The van der Waals surface area contributed by atoms with Crippen LogP contribution in [0.3, 0.4) is 0 Å². The van der Waals surface area contributed by atoms with E-state index >= 15 is 0 Å². The summed E-state index contributed by atoms with van der Waals surface area (Å²) in [6, 6.07) is 4.82. The maximum Gasteiger partial charge on any atom is 0.503 e. The van der Waals surface area contributed by atoms with Crippen LogP contribution in [0.2, 0.25) is 0 Å². The lowest BCUT2D eigenvalue weighted by molar-refractivity contribution is -0.119. The zero-order valence-electron chi connectivity index (χ0n) is 7.47. The van der Waals surface area contributed by atoms with Gasteiger partial charge in [0, 0.05) is 17.5 Å². The second kappa shape index (κ2) is 3.69. The molecule has 0 fully saturated rings. The Balaban J connectivity index is 2.97. The highest BCUT2D eigenvalue weighted by atomic mass is 19.4. The molecule has 76 valence electrons. The molecule has 0 amide bonds. The Kier molecular flexibility index (Phi) is 2.78. The first-order valence-electron chi connectivity index (χ1n) is 3.86. The van der Waals surface area contributed by atoms with E-state index in [2.05, 4.69) is 4.99 Å². The van der Waals surface area contributed by atoms with Gasteiger partial charge in [0.1, 0.15) is 0 Å². The van der Waals surface area contributed by atoms with Crippen molar-refractivity contribution < 1.29 is 13.2 Å². The summed E-state index contributed by atoms with van der Waals surface area (Å²) in [4.78, 5) is 2.42. The fourth-order valence-electron chi connectivity index (χ4n) is 0.949. The largest absolute Gasteiger partial charge is 0.503 e. The van der Waals surface area contributed by atoms with Gasteiger partial charge in [0.15, 0.2) is 0 Å². The summed E-state index contributed by atoms with van der Waals surface area (Å²) < 4.78 is 35.2. The molecule has 0 saturated heterocycles. The van der Waals surface area contributed by atoms with Crippen LogP contribution >= 0.6 is 0 Å². The lowest BCUT2D eigenvalue weighted by Gasteiger charge is -2.02. The monoisotopic (exact) mass is 202 g/mol. The van der Waals surface area contributed by atoms with E-state index in [-0.39, 0.29) is 11.3 Å². The molecule has 1 rings (SSSR count). The molecule has 0 aliphatic rings. The number of aryl methyl sites for hydroxylation is 1. The van der Waals surface area contributed by atoms with E-state index in [4.69, 9.17) is 5.73 Å². The molecule has 0 unspecified atom stereocenters. The topological polar surface area (TPSA) is 38.4 Å². The van der Waals surface area contributed by atoms with E-state index in [1.165, 1.54) is 0 Å². The molecule has 0 radical (unpaired) electrons. The number of rotatable bonds is 1. The molecule has 0 aromatic heterocycles. The van der Waals surface area contributed by atoms with Gasteiger partial charge in [-0.3, -0.25) is 0 Å². The number of halogens is 3. The van der Waals surface area contributed by atoms with E-state index in [9.17, 15) is 13.2 Å².